The van der Waals surface area contributed by atoms with E-state index < -0.39 is 11.5 Å². The van der Waals surface area contributed by atoms with E-state index in [0.717, 1.165) is 6.42 Å². The second-order valence-electron chi connectivity index (χ2n) is 4.95. The van der Waals surface area contributed by atoms with Crippen molar-refractivity contribution >= 4 is 5.97 Å². The number of nitrogens with one attached hydrogen (secondary N) is 1. The van der Waals surface area contributed by atoms with Crippen molar-refractivity contribution in [3.8, 4) is 0 Å². The summed E-state index contributed by atoms with van der Waals surface area (Å²) in [5, 5.41) is 12.2. The van der Waals surface area contributed by atoms with Gasteiger partial charge < -0.3 is 19.3 Å². The SMILES string of the molecule is COCCOCCCOCC(C)(NC(C)C)C(=O)O. The van der Waals surface area contributed by atoms with Crippen molar-refractivity contribution in [3.63, 3.8) is 0 Å². The summed E-state index contributed by atoms with van der Waals surface area (Å²) in [5.41, 5.74) is -1.05. The first-order chi connectivity index (χ1) is 8.92. The molecule has 0 fully saturated rings. The van der Waals surface area contributed by atoms with Crippen LogP contribution in [0.25, 0.3) is 0 Å². The monoisotopic (exact) mass is 277 g/mol. The van der Waals surface area contributed by atoms with Crippen LogP contribution in [0.4, 0.5) is 0 Å². The van der Waals surface area contributed by atoms with Crippen molar-refractivity contribution in [1.29, 1.82) is 0 Å². The van der Waals surface area contributed by atoms with E-state index in [1.807, 2.05) is 13.8 Å². The molecule has 0 aliphatic carbocycles. The Morgan fingerprint density at radius 1 is 1.21 bits per heavy atom. The van der Waals surface area contributed by atoms with Crippen LogP contribution in [0.1, 0.15) is 27.2 Å². The van der Waals surface area contributed by atoms with Gasteiger partial charge >= 0.3 is 5.97 Å². The van der Waals surface area contributed by atoms with Crippen LogP contribution >= 0.6 is 0 Å². The summed E-state index contributed by atoms with van der Waals surface area (Å²) in [6.45, 7) is 7.80. The van der Waals surface area contributed by atoms with Gasteiger partial charge in [-0.15, -0.1) is 0 Å². The van der Waals surface area contributed by atoms with Gasteiger partial charge in [-0.05, 0) is 27.2 Å². The minimum atomic E-state index is -1.05. The number of aliphatic carboxylic acids is 1. The molecule has 0 spiro atoms. The second kappa shape index (κ2) is 10.1. The fourth-order valence-corrected chi connectivity index (χ4v) is 1.59. The van der Waals surface area contributed by atoms with Gasteiger partial charge in [0.15, 0.2) is 0 Å². The van der Waals surface area contributed by atoms with E-state index in [2.05, 4.69) is 5.32 Å². The lowest BCUT2D eigenvalue weighted by Crippen LogP contribution is -2.55. The lowest BCUT2D eigenvalue weighted by atomic mass is 10.0. The van der Waals surface area contributed by atoms with Crippen molar-refractivity contribution < 1.29 is 24.1 Å². The molecule has 0 aliphatic heterocycles. The third-order valence-electron chi connectivity index (χ3n) is 2.48. The molecule has 0 saturated carbocycles. The quantitative estimate of drug-likeness (QED) is 0.516. The number of methoxy groups -OCH3 is 1. The van der Waals surface area contributed by atoms with Gasteiger partial charge in [0, 0.05) is 26.4 Å². The van der Waals surface area contributed by atoms with Crippen molar-refractivity contribution in [2.45, 2.75) is 38.8 Å². The second-order valence-corrected chi connectivity index (χ2v) is 4.95. The number of carboxylic acids is 1. The van der Waals surface area contributed by atoms with Gasteiger partial charge in [-0.3, -0.25) is 10.1 Å². The maximum atomic E-state index is 11.2. The molecular weight excluding hydrogens is 250 g/mol. The fourth-order valence-electron chi connectivity index (χ4n) is 1.59. The highest BCUT2D eigenvalue weighted by Crippen LogP contribution is 2.07. The summed E-state index contributed by atoms with van der Waals surface area (Å²) in [6, 6.07) is 0.0853. The van der Waals surface area contributed by atoms with E-state index in [9.17, 15) is 9.90 Å². The molecule has 0 radical (unpaired) electrons. The molecule has 0 rings (SSSR count). The Hall–Kier alpha value is -0.690. The molecule has 0 aromatic heterocycles. The molecule has 0 aliphatic rings. The van der Waals surface area contributed by atoms with Crippen molar-refractivity contribution in [2.24, 2.45) is 0 Å². The first-order valence-corrected chi connectivity index (χ1v) is 6.58. The number of ether oxygens (including phenoxy) is 3. The molecule has 6 heteroatoms. The number of carbonyl (C=O) groups is 1. The van der Waals surface area contributed by atoms with Gasteiger partial charge in [-0.25, -0.2) is 0 Å². The Bertz CT molecular complexity index is 247. The van der Waals surface area contributed by atoms with Crippen LogP contribution < -0.4 is 5.32 Å². The van der Waals surface area contributed by atoms with Crippen LogP contribution in [0.3, 0.4) is 0 Å². The summed E-state index contributed by atoms with van der Waals surface area (Å²) in [4.78, 5) is 11.2. The topological polar surface area (TPSA) is 77.0 Å². The minimum absolute atomic E-state index is 0.0853. The van der Waals surface area contributed by atoms with Gasteiger partial charge in [0.25, 0.3) is 0 Å². The smallest absolute Gasteiger partial charge is 0.326 e. The maximum Gasteiger partial charge on any atom is 0.326 e. The van der Waals surface area contributed by atoms with Crippen LogP contribution in [-0.4, -0.2) is 62.8 Å². The average Bonchev–Trinajstić information content (AvgIpc) is 2.31. The van der Waals surface area contributed by atoms with Crippen molar-refractivity contribution in [1.82, 2.24) is 5.32 Å². The molecule has 0 heterocycles. The zero-order chi connectivity index (χ0) is 14.7. The molecule has 1 unspecified atom stereocenters. The Labute approximate surface area is 115 Å². The van der Waals surface area contributed by atoms with E-state index in [4.69, 9.17) is 14.2 Å². The molecule has 114 valence electrons. The standard InChI is InChI=1S/C13H27NO5/c1-11(2)14-13(3,12(15)16)10-19-7-5-6-18-9-8-17-4/h11,14H,5-10H2,1-4H3,(H,15,16). The molecule has 0 amide bonds. The summed E-state index contributed by atoms with van der Waals surface area (Å²) < 4.78 is 15.5. The predicted octanol–water partition coefficient (Wildman–Crippen LogP) is 0.897. The summed E-state index contributed by atoms with van der Waals surface area (Å²) >= 11 is 0. The van der Waals surface area contributed by atoms with Gasteiger partial charge in [0.2, 0.25) is 0 Å². The molecule has 0 aromatic carbocycles. The summed E-state index contributed by atoms with van der Waals surface area (Å²) in [6.07, 6.45) is 0.737. The number of carboxylic acid groups (broad SMARTS) is 1. The van der Waals surface area contributed by atoms with Crippen LogP contribution in [0.15, 0.2) is 0 Å². The average molecular weight is 277 g/mol. The van der Waals surface area contributed by atoms with E-state index >= 15 is 0 Å². The molecule has 2 N–H and O–H groups in total. The number of hydrogen-bond acceptors (Lipinski definition) is 5. The van der Waals surface area contributed by atoms with Crippen LogP contribution in [0.5, 0.6) is 0 Å². The molecule has 19 heavy (non-hydrogen) atoms. The minimum Gasteiger partial charge on any atom is -0.480 e. The Morgan fingerprint density at radius 3 is 2.37 bits per heavy atom. The van der Waals surface area contributed by atoms with E-state index in [-0.39, 0.29) is 12.6 Å². The maximum absolute atomic E-state index is 11.2. The first-order valence-electron chi connectivity index (χ1n) is 6.58. The molecule has 1 atom stereocenters. The molecule has 0 aromatic rings. The molecule has 0 saturated heterocycles. The zero-order valence-electron chi connectivity index (χ0n) is 12.4. The Kier molecular flexibility index (Phi) is 9.77. The fraction of sp³-hybridized carbons (Fsp3) is 0.923. The summed E-state index contributed by atoms with van der Waals surface area (Å²) in [5.74, 6) is -0.905. The Morgan fingerprint density at radius 2 is 1.84 bits per heavy atom. The third kappa shape index (κ3) is 8.93. The molecular formula is C13H27NO5. The van der Waals surface area contributed by atoms with E-state index in [1.54, 1.807) is 14.0 Å². The lowest BCUT2D eigenvalue weighted by molar-refractivity contribution is -0.147. The largest absolute Gasteiger partial charge is 0.480 e. The number of hydrogen-bond donors (Lipinski definition) is 2. The van der Waals surface area contributed by atoms with Crippen LogP contribution in [0, 0.1) is 0 Å². The predicted molar refractivity (Wildman–Crippen MR) is 72.4 cm³/mol. The normalized spacial score (nSPS) is 14.6. The van der Waals surface area contributed by atoms with Gasteiger partial charge in [-0.1, -0.05) is 0 Å². The lowest BCUT2D eigenvalue weighted by Gasteiger charge is -2.28. The first kappa shape index (κ1) is 18.3. The van der Waals surface area contributed by atoms with Crippen molar-refractivity contribution in [3.05, 3.63) is 0 Å². The Balaban J connectivity index is 3.74. The molecule has 0 bridgehead atoms. The molecule has 6 nitrogen and oxygen atoms in total. The van der Waals surface area contributed by atoms with E-state index in [1.165, 1.54) is 0 Å². The van der Waals surface area contributed by atoms with Crippen molar-refractivity contribution in [2.75, 3.05) is 40.1 Å². The van der Waals surface area contributed by atoms with Gasteiger partial charge in [0.05, 0.1) is 19.8 Å². The van der Waals surface area contributed by atoms with Gasteiger partial charge in [0.1, 0.15) is 5.54 Å². The van der Waals surface area contributed by atoms with E-state index in [0.29, 0.717) is 26.4 Å². The third-order valence-corrected chi connectivity index (χ3v) is 2.48. The van der Waals surface area contributed by atoms with Gasteiger partial charge in [-0.2, -0.15) is 0 Å². The summed E-state index contributed by atoms with van der Waals surface area (Å²) in [7, 11) is 1.63. The van der Waals surface area contributed by atoms with Crippen LogP contribution in [-0.2, 0) is 19.0 Å². The highest BCUT2D eigenvalue weighted by atomic mass is 16.5. The zero-order valence-corrected chi connectivity index (χ0v) is 12.4. The number of rotatable bonds is 12. The highest BCUT2D eigenvalue weighted by molar-refractivity contribution is 5.78. The highest BCUT2D eigenvalue weighted by Gasteiger charge is 2.33. The van der Waals surface area contributed by atoms with Crippen LogP contribution in [0.2, 0.25) is 0 Å².